The van der Waals surface area contributed by atoms with Crippen LogP contribution in [0.1, 0.15) is 25.0 Å². The highest BCUT2D eigenvalue weighted by atomic mass is 32.2. The Hall–Kier alpha value is -1.28. The Morgan fingerprint density at radius 2 is 2.00 bits per heavy atom. The van der Waals surface area contributed by atoms with Gasteiger partial charge < -0.3 is 5.32 Å². The molecule has 0 aliphatic heterocycles. The molecule has 2 N–H and O–H groups in total. The highest BCUT2D eigenvalue weighted by Gasteiger charge is 2.15. The number of pyridine rings is 1. The quantitative estimate of drug-likeness (QED) is 0.818. The van der Waals surface area contributed by atoms with Gasteiger partial charge in [0.05, 0.1) is 0 Å². The number of nitrogens with zero attached hydrogens (tertiary/aromatic N) is 1. The van der Waals surface area contributed by atoms with Crippen LogP contribution in [-0.4, -0.2) is 19.4 Å². The van der Waals surface area contributed by atoms with E-state index in [1.165, 1.54) is 17.4 Å². The zero-order chi connectivity index (χ0) is 15.3. The van der Waals surface area contributed by atoms with Crippen LogP contribution in [0.15, 0.2) is 40.2 Å². The van der Waals surface area contributed by atoms with Crippen LogP contribution in [-0.2, 0) is 23.1 Å². The summed E-state index contributed by atoms with van der Waals surface area (Å²) < 4.78 is 26.8. The summed E-state index contributed by atoms with van der Waals surface area (Å²) in [4.78, 5) is 4.04. The van der Waals surface area contributed by atoms with Gasteiger partial charge in [-0.3, -0.25) is 0 Å². The maximum Gasteiger partial charge on any atom is 0.258 e. The standard InChI is InChI=1S/C14H19N3O2S2/c1-11(2)15-7-12-3-4-14(16-8-12)21(18,19)17-9-13-5-6-20-10-13/h3-6,8,10-11,15,17H,7,9H2,1-2H3. The Bertz CT molecular complexity index is 650. The lowest BCUT2D eigenvalue weighted by atomic mass is 10.2. The molecule has 0 unspecified atom stereocenters. The predicted molar refractivity (Wildman–Crippen MR) is 84.6 cm³/mol. The second-order valence-corrected chi connectivity index (χ2v) is 7.49. The molecule has 2 aromatic heterocycles. The van der Waals surface area contributed by atoms with Gasteiger partial charge in [-0.25, -0.2) is 18.1 Å². The van der Waals surface area contributed by atoms with Crippen LogP contribution in [0.3, 0.4) is 0 Å². The van der Waals surface area contributed by atoms with Crippen molar-refractivity contribution in [3.8, 4) is 0 Å². The summed E-state index contributed by atoms with van der Waals surface area (Å²) in [5, 5.41) is 7.14. The van der Waals surface area contributed by atoms with Gasteiger partial charge in [0.25, 0.3) is 10.0 Å². The molecule has 2 aromatic rings. The molecule has 0 saturated heterocycles. The molecule has 0 aromatic carbocycles. The Morgan fingerprint density at radius 1 is 1.19 bits per heavy atom. The van der Waals surface area contributed by atoms with Crippen molar-refractivity contribution < 1.29 is 8.42 Å². The summed E-state index contributed by atoms with van der Waals surface area (Å²) in [6, 6.07) is 5.58. The minimum absolute atomic E-state index is 0.0472. The third kappa shape index (κ3) is 4.89. The van der Waals surface area contributed by atoms with E-state index < -0.39 is 10.0 Å². The number of aromatic nitrogens is 1. The second kappa shape index (κ2) is 7.13. The zero-order valence-electron chi connectivity index (χ0n) is 12.0. The van der Waals surface area contributed by atoms with Crippen molar-refractivity contribution in [2.75, 3.05) is 0 Å². The second-order valence-electron chi connectivity index (χ2n) is 5.00. The molecule has 5 nitrogen and oxygen atoms in total. The van der Waals surface area contributed by atoms with Crippen molar-refractivity contribution in [1.29, 1.82) is 0 Å². The first-order valence-electron chi connectivity index (χ1n) is 6.66. The molecular weight excluding hydrogens is 306 g/mol. The van der Waals surface area contributed by atoms with Gasteiger partial charge in [-0.2, -0.15) is 11.3 Å². The lowest BCUT2D eigenvalue weighted by molar-refractivity contribution is 0.575. The zero-order valence-corrected chi connectivity index (χ0v) is 13.7. The maximum absolute atomic E-state index is 12.1. The van der Waals surface area contributed by atoms with Crippen molar-refractivity contribution in [3.63, 3.8) is 0 Å². The fourth-order valence-corrected chi connectivity index (χ4v) is 3.25. The highest BCUT2D eigenvalue weighted by Crippen LogP contribution is 2.10. The molecule has 114 valence electrons. The molecule has 0 fully saturated rings. The molecule has 2 rings (SSSR count). The molecule has 0 spiro atoms. The van der Waals surface area contributed by atoms with E-state index in [2.05, 4.69) is 28.9 Å². The Morgan fingerprint density at radius 3 is 2.57 bits per heavy atom. The van der Waals surface area contributed by atoms with Gasteiger partial charge >= 0.3 is 0 Å². The van der Waals surface area contributed by atoms with Crippen LogP contribution in [0.25, 0.3) is 0 Å². The van der Waals surface area contributed by atoms with E-state index in [1.54, 1.807) is 12.3 Å². The van der Waals surface area contributed by atoms with Crippen molar-refractivity contribution in [1.82, 2.24) is 15.0 Å². The van der Waals surface area contributed by atoms with E-state index in [9.17, 15) is 8.42 Å². The van der Waals surface area contributed by atoms with Crippen LogP contribution in [0.5, 0.6) is 0 Å². The SMILES string of the molecule is CC(C)NCc1ccc(S(=O)(=O)NCc2ccsc2)nc1. The molecule has 0 saturated carbocycles. The average molecular weight is 325 g/mol. The van der Waals surface area contributed by atoms with Crippen LogP contribution in [0.4, 0.5) is 0 Å². The lowest BCUT2D eigenvalue weighted by Gasteiger charge is -2.09. The third-order valence-corrected chi connectivity index (χ3v) is 4.88. The number of sulfonamides is 1. The predicted octanol–water partition coefficient (Wildman–Crippen LogP) is 2.12. The summed E-state index contributed by atoms with van der Waals surface area (Å²) in [7, 11) is -3.56. The van der Waals surface area contributed by atoms with Gasteiger partial charge in [0, 0.05) is 25.3 Å². The smallest absolute Gasteiger partial charge is 0.258 e. The van der Waals surface area contributed by atoms with Gasteiger partial charge in [-0.05, 0) is 34.0 Å². The van der Waals surface area contributed by atoms with Crippen LogP contribution in [0, 0.1) is 0 Å². The Balaban J connectivity index is 1.99. The van der Waals surface area contributed by atoms with E-state index in [1.807, 2.05) is 16.8 Å². The van der Waals surface area contributed by atoms with Crippen LogP contribution in [0.2, 0.25) is 0 Å². The number of rotatable bonds is 7. The van der Waals surface area contributed by atoms with Gasteiger partial charge in [0.2, 0.25) is 0 Å². The molecule has 0 bridgehead atoms. The normalized spacial score (nSPS) is 12.0. The highest BCUT2D eigenvalue weighted by molar-refractivity contribution is 7.89. The van der Waals surface area contributed by atoms with Gasteiger partial charge in [0.15, 0.2) is 5.03 Å². The first-order valence-corrected chi connectivity index (χ1v) is 9.09. The van der Waals surface area contributed by atoms with Crippen molar-refractivity contribution in [2.45, 2.75) is 38.0 Å². The van der Waals surface area contributed by atoms with Crippen LogP contribution < -0.4 is 10.0 Å². The first-order chi connectivity index (χ1) is 9.97. The lowest BCUT2D eigenvalue weighted by Crippen LogP contribution is -2.24. The summed E-state index contributed by atoms with van der Waals surface area (Å²) in [6.07, 6.45) is 1.59. The van der Waals surface area contributed by atoms with E-state index in [0.29, 0.717) is 12.6 Å². The Labute approximate surface area is 129 Å². The minimum Gasteiger partial charge on any atom is -0.310 e. The van der Waals surface area contributed by atoms with Crippen molar-refractivity contribution in [3.05, 3.63) is 46.3 Å². The van der Waals surface area contributed by atoms with E-state index >= 15 is 0 Å². The molecule has 0 aliphatic rings. The fraction of sp³-hybridized carbons (Fsp3) is 0.357. The van der Waals surface area contributed by atoms with Gasteiger partial charge in [-0.1, -0.05) is 19.9 Å². The minimum atomic E-state index is -3.56. The number of hydrogen-bond donors (Lipinski definition) is 2. The maximum atomic E-state index is 12.1. The molecule has 21 heavy (non-hydrogen) atoms. The number of nitrogens with one attached hydrogen (secondary N) is 2. The first kappa shape index (κ1) is 16.1. The fourth-order valence-electron chi connectivity index (χ4n) is 1.64. The molecule has 0 atom stereocenters. The van der Waals surface area contributed by atoms with Crippen molar-refractivity contribution >= 4 is 21.4 Å². The number of hydrogen-bond acceptors (Lipinski definition) is 5. The molecule has 0 radical (unpaired) electrons. The largest absolute Gasteiger partial charge is 0.310 e. The average Bonchev–Trinajstić information content (AvgIpc) is 2.97. The summed E-state index contributed by atoms with van der Waals surface area (Å²) in [5.74, 6) is 0. The molecule has 0 amide bonds. The molecule has 2 heterocycles. The molecular formula is C14H19N3O2S2. The molecule has 7 heteroatoms. The van der Waals surface area contributed by atoms with E-state index in [0.717, 1.165) is 11.1 Å². The monoisotopic (exact) mass is 325 g/mol. The Kier molecular flexibility index (Phi) is 5.46. The molecule has 0 aliphatic carbocycles. The number of thiophene rings is 1. The summed E-state index contributed by atoms with van der Waals surface area (Å²) >= 11 is 1.54. The van der Waals surface area contributed by atoms with Gasteiger partial charge in [-0.15, -0.1) is 0 Å². The summed E-state index contributed by atoms with van der Waals surface area (Å²) in [6.45, 7) is 5.07. The summed E-state index contributed by atoms with van der Waals surface area (Å²) in [5.41, 5.74) is 1.90. The van der Waals surface area contributed by atoms with Crippen molar-refractivity contribution in [2.24, 2.45) is 0 Å². The third-order valence-electron chi connectivity index (χ3n) is 2.83. The van der Waals surface area contributed by atoms with Crippen LogP contribution >= 0.6 is 11.3 Å². The van der Waals surface area contributed by atoms with E-state index in [-0.39, 0.29) is 11.6 Å². The topological polar surface area (TPSA) is 71.1 Å². The van der Waals surface area contributed by atoms with E-state index in [4.69, 9.17) is 0 Å². The van der Waals surface area contributed by atoms with Gasteiger partial charge in [0.1, 0.15) is 0 Å².